The van der Waals surface area contributed by atoms with Crippen LogP contribution in [0, 0.1) is 0 Å². The summed E-state index contributed by atoms with van der Waals surface area (Å²) in [4.78, 5) is 99.3. The van der Waals surface area contributed by atoms with E-state index in [0.717, 1.165) is 0 Å². The third-order valence-corrected chi connectivity index (χ3v) is 4.90. The van der Waals surface area contributed by atoms with Crippen molar-refractivity contribution in [3.8, 4) is 0 Å². The molecule has 13 nitrogen and oxygen atoms in total. The Balaban J connectivity index is 1.65. The maximum atomic E-state index is 12.6. The third-order valence-electron chi connectivity index (χ3n) is 4.90. The van der Waals surface area contributed by atoms with Gasteiger partial charge in [-0.2, -0.15) is 0 Å². The molecule has 3 rings (SSSR count). The molecule has 0 saturated carbocycles. The molecule has 13 heteroatoms. The molecule has 206 valence electrons. The van der Waals surface area contributed by atoms with E-state index in [-0.39, 0.29) is 16.7 Å². The van der Waals surface area contributed by atoms with Gasteiger partial charge >= 0.3 is 35.8 Å². The van der Waals surface area contributed by atoms with Crippen molar-refractivity contribution in [3.05, 3.63) is 108 Å². The number of hydrogen-bond donors (Lipinski definition) is 1. The fourth-order valence-electron chi connectivity index (χ4n) is 2.93. The number of rotatable bonds is 8. The van der Waals surface area contributed by atoms with Crippen molar-refractivity contribution in [2.75, 3.05) is 0 Å². The maximum absolute atomic E-state index is 12.6. The molecule has 40 heavy (non-hydrogen) atoms. The van der Waals surface area contributed by atoms with Gasteiger partial charge in [0.2, 0.25) is 0 Å². The fourth-order valence-corrected chi connectivity index (χ4v) is 2.93. The van der Waals surface area contributed by atoms with E-state index in [1.165, 1.54) is 72.8 Å². The van der Waals surface area contributed by atoms with E-state index in [4.69, 9.17) is 0 Å². The number of aliphatic hydroxyl groups is 1. The van der Waals surface area contributed by atoms with Crippen molar-refractivity contribution in [2.45, 2.75) is 18.4 Å². The van der Waals surface area contributed by atoms with E-state index >= 15 is 0 Å². The molecule has 0 atom stereocenters. The maximum Gasteiger partial charge on any atom is 0.387 e. The monoisotopic (exact) mass is 552 g/mol. The Hall–Kier alpha value is -5.56. The van der Waals surface area contributed by atoms with Crippen molar-refractivity contribution in [1.29, 1.82) is 0 Å². The summed E-state index contributed by atoms with van der Waals surface area (Å²) in [6.45, 7) is 0. The number of carbonyl (C=O) groups is 6. The van der Waals surface area contributed by atoms with Crippen molar-refractivity contribution in [2.24, 2.45) is 0 Å². The van der Waals surface area contributed by atoms with E-state index in [0.29, 0.717) is 0 Å². The van der Waals surface area contributed by atoms with Gasteiger partial charge in [0.1, 0.15) is 0 Å². The highest BCUT2D eigenvalue weighted by Crippen LogP contribution is 2.21. The van der Waals surface area contributed by atoms with Gasteiger partial charge in [0.05, 0.1) is 29.5 Å². The number of benzene rings is 3. The largest absolute Gasteiger partial charge is 0.387 e. The van der Waals surface area contributed by atoms with E-state index in [9.17, 15) is 33.9 Å². The third kappa shape index (κ3) is 8.49. The molecule has 0 radical (unpaired) electrons. The summed E-state index contributed by atoms with van der Waals surface area (Å²) in [5.41, 5.74) is -3.09. The highest BCUT2D eigenvalue weighted by Gasteiger charge is 2.46. The molecule has 0 aliphatic carbocycles. The Morgan fingerprint density at radius 3 is 1.10 bits per heavy atom. The number of hydrogen-bond acceptors (Lipinski definition) is 13. The van der Waals surface area contributed by atoms with E-state index in [1.54, 1.807) is 18.2 Å². The molecule has 0 unspecified atom stereocenters. The van der Waals surface area contributed by atoms with Crippen molar-refractivity contribution in [1.82, 2.24) is 0 Å². The average molecular weight is 552 g/mol. The van der Waals surface area contributed by atoms with E-state index < -0.39 is 54.3 Å². The molecule has 0 aromatic heterocycles. The van der Waals surface area contributed by atoms with Gasteiger partial charge in [0.15, 0.2) is 5.60 Å². The molecule has 0 aliphatic rings. The summed E-state index contributed by atoms with van der Waals surface area (Å²) < 4.78 is 0. The molecule has 1 N–H and O–H groups in total. The second kappa shape index (κ2) is 13.8. The SMILES string of the molecule is O=C(CC(O)(CC(=O)OOC(=O)c1ccccc1)C(=O)OOC(=O)c1ccccc1)OOC(=O)c1ccccc1. The molecule has 0 aliphatic heterocycles. The summed E-state index contributed by atoms with van der Waals surface area (Å²) in [5.74, 6) is -8.11. The molecular formula is C27H20O13. The molecule has 3 aromatic rings. The summed E-state index contributed by atoms with van der Waals surface area (Å²) >= 11 is 0. The quantitative estimate of drug-likeness (QED) is 0.318. The molecule has 3 aromatic carbocycles. The first-order chi connectivity index (χ1) is 19.2. The molecule has 0 fully saturated rings. The van der Waals surface area contributed by atoms with E-state index in [1.807, 2.05) is 0 Å². The van der Waals surface area contributed by atoms with Crippen LogP contribution < -0.4 is 0 Å². The van der Waals surface area contributed by atoms with Gasteiger partial charge in [0.25, 0.3) is 0 Å². The highest BCUT2D eigenvalue weighted by molar-refractivity contribution is 5.93. The van der Waals surface area contributed by atoms with Gasteiger partial charge in [-0.3, -0.25) is 0 Å². The summed E-state index contributed by atoms with van der Waals surface area (Å²) in [7, 11) is 0. The van der Waals surface area contributed by atoms with Crippen LogP contribution in [0.1, 0.15) is 43.9 Å². The lowest BCUT2D eigenvalue weighted by Crippen LogP contribution is -2.45. The smallest absolute Gasteiger partial charge is 0.377 e. The average Bonchev–Trinajstić information content (AvgIpc) is 2.98. The van der Waals surface area contributed by atoms with Crippen LogP contribution in [0.2, 0.25) is 0 Å². The molecule has 0 bridgehead atoms. The normalized spacial score (nSPS) is 10.4. The Bertz CT molecular complexity index is 1290. The summed E-state index contributed by atoms with van der Waals surface area (Å²) in [6, 6.07) is 22.0. The molecule has 0 heterocycles. The van der Waals surface area contributed by atoms with Gasteiger partial charge in [-0.1, -0.05) is 54.6 Å². The fraction of sp³-hybridized carbons (Fsp3) is 0.111. The zero-order valence-electron chi connectivity index (χ0n) is 20.4. The lowest BCUT2D eigenvalue weighted by Gasteiger charge is -2.21. The standard InChI is InChI=1S/C27H20O13/c28-21(35-37-23(30)18-10-4-1-5-11-18)16-27(34,26(33)40-39-25(32)20-14-8-3-9-15-20)17-22(29)36-38-24(31)19-12-6-2-7-13-19/h1-15,34H,16-17H2. The topological polar surface area (TPSA) is 178 Å². The van der Waals surface area contributed by atoms with Gasteiger partial charge in [0, 0.05) is 0 Å². The van der Waals surface area contributed by atoms with E-state index in [2.05, 4.69) is 29.3 Å². The molecule has 0 amide bonds. The van der Waals surface area contributed by atoms with Crippen molar-refractivity contribution in [3.63, 3.8) is 0 Å². The number of carbonyl (C=O) groups excluding carboxylic acids is 6. The molecule has 0 saturated heterocycles. The summed E-state index contributed by atoms with van der Waals surface area (Å²) in [6.07, 6.45) is -2.70. The van der Waals surface area contributed by atoms with Crippen LogP contribution in [0.5, 0.6) is 0 Å². The zero-order chi connectivity index (χ0) is 29.0. The second-order valence-corrected chi connectivity index (χ2v) is 7.88. The minimum atomic E-state index is -3.09. The van der Waals surface area contributed by atoms with Crippen LogP contribution >= 0.6 is 0 Å². The van der Waals surface area contributed by atoms with Crippen molar-refractivity contribution < 1.29 is 63.2 Å². The van der Waals surface area contributed by atoms with Crippen LogP contribution in [0.25, 0.3) is 0 Å². The van der Waals surface area contributed by atoms with Crippen LogP contribution in [-0.4, -0.2) is 46.5 Å². The lowest BCUT2D eigenvalue weighted by molar-refractivity contribution is -0.261. The van der Waals surface area contributed by atoms with Crippen LogP contribution in [-0.2, 0) is 43.7 Å². The molecule has 0 spiro atoms. The van der Waals surface area contributed by atoms with Gasteiger partial charge in [-0.15, -0.1) is 0 Å². The van der Waals surface area contributed by atoms with Crippen molar-refractivity contribution >= 4 is 35.8 Å². The Morgan fingerprint density at radius 1 is 0.475 bits per heavy atom. The predicted octanol–water partition coefficient (Wildman–Crippen LogP) is 2.44. The van der Waals surface area contributed by atoms with Crippen LogP contribution in [0.3, 0.4) is 0 Å². The highest BCUT2D eigenvalue weighted by atomic mass is 17.2. The lowest BCUT2D eigenvalue weighted by atomic mass is 9.96. The van der Waals surface area contributed by atoms with Crippen LogP contribution in [0.4, 0.5) is 0 Å². The summed E-state index contributed by atoms with van der Waals surface area (Å²) in [5, 5.41) is 10.8. The van der Waals surface area contributed by atoms with Gasteiger partial charge in [-0.25, -0.2) is 58.1 Å². The first-order valence-electron chi connectivity index (χ1n) is 11.3. The first-order valence-corrected chi connectivity index (χ1v) is 11.3. The Kier molecular flexibility index (Phi) is 10.0. The molecular weight excluding hydrogens is 532 g/mol. The zero-order valence-corrected chi connectivity index (χ0v) is 20.4. The Labute approximate surface area is 225 Å². The first kappa shape index (κ1) is 29.0. The minimum Gasteiger partial charge on any atom is -0.377 e. The predicted molar refractivity (Wildman–Crippen MR) is 128 cm³/mol. The second-order valence-electron chi connectivity index (χ2n) is 7.88. The minimum absolute atomic E-state index is 0.0154. The Morgan fingerprint density at radius 2 is 0.775 bits per heavy atom. The van der Waals surface area contributed by atoms with Gasteiger partial charge in [-0.05, 0) is 36.4 Å². The van der Waals surface area contributed by atoms with Crippen LogP contribution in [0.15, 0.2) is 91.0 Å². The van der Waals surface area contributed by atoms with Gasteiger partial charge < -0.3 is 5.11 Å².